The normalized spacial score (nSPS) is 18.2. The second-order valence-corrected chi connectivity index (χ2v) is 7.43. The number of nitrogens with zero attached hydrogens (tertiary/aromatic N) is 2. The fraction of sp³-hybridized carbons (Fsp3) is 0.318. The number of Topliss-reactive ketones (excluding diaryl/α,β-unsaturated/α-hetero) is 1. The summed E-state index contributed by atoms with van der Waals surface area (Å²) in [5.41, 5.74) is 3.85. The summed E-state index contributed by atoms with van der Waals surface area (Å²) in [6, 6.07) is 13.4. The Morgan fingerprint density at radius 2 is 2.07 bits per heavy atom. The molecule has 2 heterocycles. The summed E-state index contributed by atoms with van der Waals surface area (Å²) >= 11 is 0. The third kappa shape index (κ3) is 3.60. The molecule has 3 aromatic rings. The molecule has 1 aliphatic rings. The van der Waals surface area contributed by atoms with Crippen LogP contribution in [-0.2, 0) is 0 Å². The molecule has 5 heteroatoms. The summed E-state index contributed by atoms with van der Waals surface area (Å²) in [6.45, 7) is 7.21. The van der Waals surface area contributed by atoms with E-state index in [1.165, 1.54) is 23.4 Å². The van der Waals surface area contributed by atoms with Gasteiger partial charge in [0.15, 0.2) is 5.78 Å². The van der Waals surface area contributed by atoms with Crippen LogP contribution < -0.4 is 4.90 Å². The van der Waals surface area contributed by atoms with Crippen molar-refractivity contribution in [2.75, 3.05) is 31.1 Å². The molecule has 1 unspecified atom stereocenters. The van der Waals surface area contributed by atoms with Crippen LogP contribution in [0.1, 0.15) is 22.8 Å². The number of H-pyrrole nitrogens is 1. The first-order chi connectivity index (χ1) is 13.0. The van der Waals surface area contributed by atoms with Crippen LogP contribution in [0, 0.1) is 12.7 Å². The average molecular weight is 365 g/mol. The molecular weight excluding hydrogens is 341 g/mol. The Balaban J connectivity index is 1.45. The van der Waals surface area contributed by atoms with Crippen molar-refractivity contribution in [3.63, 3.8) is 0 Å². The Labute approximate surface area is 158 Å². The van der Waals surface area contributed by atoms with Gasteiger partial charge in [-0.3, -0.25) is 9.69 Å². The summed E-state index contributed by atoms with van der Waals surface area (Å²) in [7, 11) is 0. The highest BCUT2D eigenvalue weighted by atomic mass is 19.1. The Kier molecular flexibility index (Phi) is 4.70. The maximum Gasteiger partial charge on any atom is 0.178 e. The SMILES string of the molecule is Cc1cccc(N2CCN(CC(=O)c3c[nH]c4ccc(F)cc34)CC2C)c1. The van der Waals surface area contributed by atoms with Gasteiger partial charge in [-0.25, -0.2) is 4.39 Å². The molecule has 1 aliphatic heterocycles. The van der Waals surface area contributed by atoms with E-state index in [-0.39, 0.29) is 11.6 Å². The highest BCUT2D eigenvalue weighted by Crippen LogP contribution is 2.23. The lowest BCUT2D eigenvalue weighted by atomic mass is 10.1. The van der Waals surface area contributed by atoms with Gasteiger partial charge in [-0.15, -0.1) is 0 Å². The zero-order chi connectivity index (χ0) is 19.0. The summed E-state index contributed by atoms with van der Waals surface area (Å²) in [5, 5.41) is 0.659. The number of piperazine rings is 1. The minimum atomic E-state index is -0.323. The molecule has 0 bridgehead atoms. The van der Waals surface area contributed by atoms with Crippen molar-refractivity contribution in [1.82, 2.24) is 9.88 Å². The number of hydrogen-bond acceptors (Lipinski definition) is 3. The maximum atomic E-state index is 13.6. The number of ketones is 1. The van der Waals surface area contributed by atoms with Crippen LogP contribution in [0.3, 0.4) is 0 Å². The van der Waals surface area contributed by atoms with Crippen molar-refractivity contribution in [1.29, 1.82) is 0 Å². The van der Waals surface area contributed by atoms with E-state index in [1.807, 2.05) is 0 Å². The molecule has 1 fully saturated rings. The number of nitrogens with one attached hydrogen (secondary N) is 1. The van der Waals surface area contributed by atoms with Crippen LogP contribution in [0.25, 0.3) is 10.9 Å². The zero-order valence-corrected chi connectivity index (χ0v) is 15.7. The van der Waals surface area contributed by atoms with Gasteiger partial charge >= 0.3 is 0 Å². The highest BCUT2D eigenvalue weighted by molar-refractivity contribution is 6.08. The van der Waals surface area contributed by atoms with Crippen molar-refractivity contribution in [3.05, 3.63) is 65.6 Å². The number of aryl methyl sites for hydroxylation is 1. The van der Waals surface area contributed by atoms with Gasteiger partial charge in [-0.1, -0.05) is 12.1 Å². The number of anilines is 1. The van der Waals surface area contributed by atoms with Crippen LogP contribution in [0.2, 0.25) is 0 Å². The van der Waals surface area contributed by atoms with Crippen LogP contribution in [-0.4, -0.2) is 47.9 Å². The molecule has 0 saturated carbocycles. The second kappa shape index (κ2) is 7.16. The third-order valence-corrected chi connectivity index (χ3v) is 5.36. The van der Waals surface area contributed by atoms with Gasteiger partial charge in [-0.2, -0.15) is 0 Å². The fourth-order valence-corrected chi connectivity index (χ4v) is 3.98. The summed E-state index contributed by atoms with van der Waals surface area (Å²) in [5.74, 6) is -0.292. The van der Waals surface area contributed by atoms with Crippen molar-refractivity contribution in [3.8, 4) is 0 Å². The largest absolute Gasteiger partial charge is 0.366 e. The molecule has 140 valence electrons. The van der Waals surface area contributed by atoms with Gasteiger partial charge in [-0.05, 0) is 49.7 Å². The number of aromatic nitrogens is 1. The van der Waals surface area contributed by atoms with Gasteiger partial charge in [0.25, 0.3) is 0 Å². The van der Waals surface area contributed by atoms with Crippen molar-refractivity contribution in [2.24, 2.45) is 0 Å². The average Bonchev–Trinajstić information content (AvgIpc) is 3.05. The van der Waals surface area contributed by atoms with E-state index in [4.69, 9.17) is 0 Å². The number of halogens is 1. The van der Waals surface area contributed by atoms with E-state index >= 15 is 0 Å². The minimum Gasteiger partial charge on any atom is -0.366 e. The van der Waals surface area contributed by atoms with E-state index in [0.717, 1.165) is 25.2 Å². The van der Waals surface area contributed by atoms with Crippen LogP contribution in [0.15, 0.2) is 48.7 Å². The van der Waals surface area contributed by atoms with Gasteiger partial charge in [0.2, 0.25) is 0 Å². The van der Waals surface area contributed by atoms with Gasteiger partial charge in [0.05, 0.1) is 6.54 Å². The Hall–Kier alpha value is -2.66. The molecule has 0 radical (unpaired) electrons. The zero-order valence-electron chi connectivity index (χ0n) is 15.7. The third-order valence-electron chi connectivity index (χ3n) is 5.36. The van der Waals surface area contributed by atoms with E-state index in [9.17, 15) is 9.18 Å². The molecule has 0 spiro atoms. The Morgan fingerprint density at radius 1 is 1.22 bits per heavy atom. The summed E-state index contributed by atoms with van der Waals surface area (Å²) in [4.78, 5) is 20.5. The number of carbonyl (C=O) groups is 1. The molecule has 1 saturated heterocycles. The topological polar surface area (TPSA) is 39.3 Å². The van der Waals surface area contributed by atoms with E-state index < -0.39 is 0 Å². The van der Waals surface area contributed by atoms with Gasteiger partial charge in [0.1, 0.15) is 5.82 Å². The summed E-state index contributed by atoms with van der Waals surface area (Å²) in [6.07, 6.45) is 1.69. The van der Waals surface area contributed by atoms with Crippen molar-refractivity contribution < 1.29 is 9.18 Å². The van der Waals surface area contributed by atoms with Crippen molar-refractivity contribution in [2.45, 2.75) is 19.9 Å². The standard InChI is InChI=1S/C22H24FN3O/c1-15-4-3-5-18(10-15)26-9-8-25(13-16(26)2)14-22(27)20-12-24-21-7-6-17(23)11-19(20)21/h3-7,10-12,16,24H,8-9,13-14H2,1-2H3. The molecule has 1 atom stereocenters. The first-order valence-electron chi connectivity index (χ1n) is 9.37. The predicted octanol–water partition coefficient (Wildman–Crippen LogP) is 4.01. The number of fused-ring (bicyclic) bond motifs is 1. The monoisotopic (exact) mass is 365 g/mol. The molecule has 1 N–H and O–H groups in total. The van der Waals surface area contributed by atoms with E-state index in [1.54, 1.807) is 12.3 Å². The number of aromatic amines is 1. The molecule has 2 aromatic carbocycles. The van der Waals surface area contributed by atoms with E-state index in [0.29, 0.717) is 23.5 Å². The number of hydrogen-bond donors (Lipinski definition) is 1. The predicted molar refractivity (Wildman–Crippen MR) is 107 cm³/mol. The highest BCUT2D eigenvalue weighted by Gasteiger charge is 2.26. The molecule has 1 aromatic heterocycles. The van der Waals surface area contributed by atoms with Crippen molar-refractivity contribution >= 4 is 22.4 Å². The maximum absolute atomic E-state index is 13.6. The smallest absolute Gasteiger partial charge is 0.178 e. The molecule has 0 amide bonds. The van der Waals surface area contributed by atoms with Crippen LogP contribution in [0.5, 0.6) is 0 Å². The first-order valence-corrected chi connectivity index (χ1v) is 9.37. The van der Waals surface area contributed by atoms with Crippen LogP contribution >= 0.6 is 0 Å². The molecule has 4 rings (SSSR count). The minimum absolute atomic E-state index is 0.0306. The second-order valence-electron chi connectivity index (χ2n) is 7.43. The number of benzene rings is 2. The lowest BCUT2D eigenvalue weighted by Gasteiger charge is -2.41. The van der Waals surface area contributed by atoms with Gasteiger partial charge in [0, 0.05) is 54.0 Å². The quantitative estimate of drug-likeness (QED) is 0.710. The number of carbonyl (C=O) groups excluding carboxylic acids is 1. The molecular formula is C22H24FN3O. The number of rotatable bonds is 4. The molecule has 27 heavy (non-hydrogen) atoms. The molecule has 0 aliphatic carbocycles. The van der Waals surface area contributed by atoms with Crippen LogP contribution in [0.4, 0.5) is 10.1 Å². The van der Waals surface area contributed by atoms with E-state index in [2.05, 4.69) is 52.9 Å². The molecule has 4 nitrogen and oxygen atoms in total. The Bertz CT molecular complexity index is 981. The van der Waals surface area contributed by atoms with Gasteiger partial charge < -0.3 is 9.88 Å². The first kappa shape index (κ1) is 17.7. The fourth-order valence-electron chi connectivity index (χ4n) is 3.98. The summed E-state index contributed by atoms with van der Waals surface area (Å²) < 4.78 is 13.6. The Morgan fingerprint density at radius 3 is 2.85 bits per heavy atom. The lowest BCUT2D eigenvalue weighted by molar-refractivity contribution is 0.0919. The lowest BCUT2D eigenvalue weighted by Crippen LogP contribution is -2.53.